The van der Waals surface area contributed by atoms with Crippen LogP contribution in [0.3, 0.4) is 0 Å². The average molecular weight is 501 g/mol. The summed E-state index contributed by atoms with van der Waals surface area (Å²) in [6.45, 7) is 0.0390. The van der Waals surface area contributed by atoms with E-state index in [0.29, 0.717) is 31.4 Å². The van der Waals surface area contributed by atoms with Crippen molar-refractivity contribution in [1.82, 2.24) is 16.0 Å². The summed E-state index contributed by atoms with van der Waals surface area (Å²) in [5.74, 6) is -1.22. The molecule has 2 fully saturated rings. The normalized spacial score (nSPS) is 21.2. The van der Waals surface area contributed by atoms with E-state index in [1.54, 1.807) is 0 Å². The summed E-state index contributed by atoms with van der Waals surface area (Å²) in [5.41, 5.74) is 5.54. The molecule has 2 aromatic rings. The number of β-lactam (4-membered cyclic amide) rings is 1. The molecule has 2 atom stereocenters. The van der Waals surface area contributed by atoms with Crippen molar-refractivity contribution >= 4 is 33.4 Å². The van der Waals surface area contributed by atoms with Crippen LogP contribution in [-0.2, 0) is 30.8 Å². The van der Waals surface area contributed by atoms with Crippen LogP contribution in [0.4, 0.5) is 10.5 Å². The smallest absolute Gasteiger partial charge is 0.408 e. The van der Waals surface area contributed by atoms with Crippen LogP contribution in [-0.4, -0.2) is 43.3 Å². The molecule has 1 heterocycles. The fourth-order valence-electron chi connectivity index (χ4n) is 4.35. The number of benzene rings is 2. The first kappa shape index (κ1) is 24.5. The standard InChI is InChI=1S/C24H28N4O6S/c25-17-9-11-18(12-10-17)35(32,33)21-19(20(29)27-21)26-22(30)24(13-5-2-6-14-24)28-23(31)34-15-16-7-3-1-4-8-16/h1,3-4,7-12,19,21H,2,5-6,13-15,25H2,(H,26,30)(H,27,29)(H,28,31). The summed E-state index contributed by atoms with van der Waals surface area (Å²) in [4.78, 5) is 38.2. The molecule has 0 spiro atoms. The Bertz CT molecular complexity index is 1190. The lowest BCUT2D eigenvalue weighted by Gasteiger charge is -2.41. The molecule has 0 bridgehead atoms. The molecule has 11 heteroatoms. The molecule has 2 unspecified atom stereocenters. The molecule has 2 aromatic carbocycles. The summed E-state index contributed by atoms with van der Waals surface area (Å²) in [5, 5.41) is 6.30. The number of nitrogens with one attached hydrogen (secondary N) is 3. The number of nitrogen functional groups attached to an aromatic ring is 1. The number of carbonyl (C=O) groups is 3. The second-order valence-corrected chi connectivity index (χ2v) is 10.9. The molecular formula is C24H28N4O6S. The summed E-state index contributed by atoms with van der Waals surface area (Å²) in [7, 11) is -3.97. The molecular weight excluding hydrogens is 472 g/mol. The van der Waals surface area contributed by atoms with Gasteiger partial charge in [-0.15, -0.1) is 0 Å². The number of ether oxygens (including phenoxy) is 1. The van der Waals surface area contributed by atoms with Crippen LogP contribution in [0.2, 0.25) is 0 Å². The van der Waals surface area contributed by atoms with Crippen LogP contribution in [0.1, 0.15) is 37.7 Å². The summed E-state index contributed by atoms with van der Waals surface area (Å²) >= 11 is 0. The van der Waals surface area contributed by atoms with Gasteiger partial charge < -0.3 is 26.4 Å². The Morgan fingerprint density at radius 3 is 2.31 bits per heavy atom. The van der Waals surface area contributed by atoms with Crippen molar-refractivity contribution in [3.05, 3.63) is 60.2 Å². The first-order valence-corrected chi connectivity index (χ1v) is 13.0. The predicted molar refractivity (Wildman–Crippen MR) is 127 cm³/mol. The number of anilines is 1. The third-order valence-electron chi connectivity index (χ3n) is 6.40. The van der Waals surface area contributed by atoms with Gasteiger partial charge in [0.05, 0.1) is 4.90 Å². The van der Waals surface area contributed by atoms with Crippen molar-refractivity contribution in [2.75, 3.05) is 5.73 Å². The average Bonchev–Trinajstić information content (AvgIpc) is 2.85. The molecule has 3 amide bonds. The van der Waals surface area contributed by atoms with Crippen molar-refractivity contribution in [2.24, 2.45) is 0 Å². The first-order chi connectivity index (χ1) is 16.7. The molecule has 1 aliphatic heterocycles. The summed E-state index contributed by atoms with van der Waals surface area (Å²) in [6, 6.07) is 13.4. The van der Waals surface area contributed by atoms with Gasteiger partial charge in [-0.2, -0.15) is 0 Å². The Kier molecular flexibility index (Phi) is 6.97. The lowest BCUT2D eigenvalue weighted by molar-refractivity contribution is -0.137. The predicted octanol–water partition coefficient (Wildman–Crippen LogP) is 1.61. The largest absolute Gasteiger partial charge is 0.445 e. The molecule has 35 heavy (non-hydrogen) atoms. The Balaban J connectivity index is 1.46. The van der Waals surface area contributed by atoms with E-state index in [1.165, 1.54) is 24.3 Å². The van der Waals surface area contributed by atoms with Gasteiger partial charge in [-0.05, 0) is 42.7 Å². The lowest BCUT2D eigenvalue weighted by Crippen LogP contribution is -2.74. The maximum absolute atomic E-state index is 13.4. The minimum absolute atomic E-state index is 0.0223. The number of alkyl carbamates (subject to hydrolysis) is 1. The molecule has 1 saturated heterocycles. The van der Waals surface area contributed by atoms with Gasteiger partial charge in [0.2, 0.25) is 21.7 Å². The number of carbonyl (C=O) groups excluding carboxylic acids is 3. The maximum Gasteiger partial charge on any atom is 0.408 e. The van der Waals surface area contributed by atoms with Crippen molar-refractivity contribution < 1.29 is 27.5 Å². The van der Waals surface area contributed by atoms with Crippen LogP contribution in [0, 0.1) is 0 Å². The number of hydrogen-bond donors (Lipinski definition) is 4. The molecule has 186 valence electrons. The van der Waals surface area contributed by atoms with E-state index in [2.05, 4.69) is 16.0 Å². The van der Waals surface area contributed by atoms with Gasteiger partial charge >= 0.3 is 6.09 Å². The van der Waals surface area contributed by atoms with Crippen molar-refractivity contribution in [1.29, 1.82) is 0 Å². The van der Waals surface area contributed by atoms with Crippen molar-refractivity contribution in [3.63, 3.8) is 0 Å². The number of amides is 3. The van der Waals surface area contributed by atoms with Gasteiger partial charge in [0.1, 0.15) is 18.2 Å². The highest BCUT2D eigenvalue weighted by molar-refractivity contribution is 7.92. The van der Waals surface area contributed by atoms with E-state index in [9.17, 15) is 22.8 Å². The quantitative estimate of drug-likeness (QED) is 0.332. The monoisotopic (exact) mass is 500 g/mol. The Morgan fingerprint density at radius 1 is 1.03 bits per heavy atom. The zero-order valence-corrected chi connectivity index (χ0v) is 19.8. The molecule has 0 aromatic heterocycles. The van der Waals surface area contributed by atoms with Gasteiger partial charge in [-0.3, -0.25) is 9.59 Å². The highest BCUT2D eigenvalue weighted by atomic mass is 32.2. The fourth-order valence-corrected chi connectivity index (χ4v) is 5.98. The second kappa shape index (κ2) is 9.95. The van der Waals surface area contributed by atoms with E-state index in [0.717, 1.165) is 12.0 Å². The van der Waals surface area contributed by atoms with Gasteiger partial charge in [-0.25, -0.2) is 13.2 Å². The molecule has 0 radical (unpaired) electrons. The summed E-state index contributed by atoms with van der Waals surface area (Å²) in [6.07, 6.45) is 2.22. The number of nitrogens with two attached hydrogens (primary N) is 1. The van der Waals surface area contributed by atoms with Crippen LogP contribution >= 0.6 is 0 Å². The Labute approximate surface area is 203 Å². The summed E-state index contributed by atoms with van der Waals surface area (Å²) < 4.78 is 31.3. The SMILES string of the molecule is Nc1ccc(S(=O)(=O)C2NC(=O)C2NC(=O)C2(NC(=O)OCc3ccccc3)CCCCC2)cc1. The minimum Gasteiger partial charge on any atom is -0.445 e. The topological polar surface area (TPSA) is 157 Å². The van der Waals surface area contributed by atoms with Gasteiger partial charge in [0, 0.05) is 5.69 Å². The fraction of sp³-hybridized carbons (Fsp3) is 0.375. The lowest BCUT2D eigenvalue weighted by atomic mass is 9.80. The second-order valence-electron chi connectivity index (χ2n) is 8.82. The third-order valence-corrected chi connectivity index (χ3v) is 8.38. The highest BCUT2D eigenvalue weighted by Gasteiger charge is 2.52. The maximum atomic E-state index is 13.4. The molecule has 10 nitrogen and oxygen atoms in total. The number of rotatable bonds is 7. The molecule has 4 rings (SSSR count). The van der Waals surface area contributed by atoms with Crippen molar-refractivity contribution in [3.8, 4) is 0 Å². The zero-order valence-electron chi connectivity index (χ0n) is 19.0. The van der Waals surface area contributed by atoms with E-state index in [-0.39, 0.29) is 11.5 Å². The zero-order chi connectivity index (χ0) is 25.1. The molecule has 2 aliphatic rings. The molecule has 1 saturated carbocycles. The number of sulfone groups is 1. The van der Waals surface area contributed by atoms with Crippen molar-refractivity contribution in [2.45, 2.75) is 60.6 Å². The van der Waals surface area contributed by atoms with Crippen LogP contribution in [0.25, 0.3) is 0 Å². The van der Waals surface area contributed by atoms with Crippen LogP contribution in [0.15, 0.2) is 59.5 Å². The minimum atomic E-state index is -3.97. The van der Waals surface area contributed by atoms with E-state index in [4.69, 9.17) is 10.5 Å². The van der Waals surface area contributed by atoms with Gasteiger partial charge in [-0.1, -0.05) is 49.6 Å². The van der Waals surface area contributed by atoms with Gasteiger partial charge in [0.15, 0.2) is 5.37 Å². The van der Waals surface area contributed by atoms with Gasteiger partial charge in [0.25, 0.3) is 0 Å². The third kappa shape index (κ3) is 5.24. The Hall–Kier alpha value is -3.60. The molecule has 1 aliphatic carbocycles. The van der Waals surface area contributed by atoms with E-state index >= 15 is 0 Å². The first-order valence-electron chi connectivity index (χ1n) is 11.4. The van der Waals surface area contributed by atoms with Crippen LogP contribution in [0.5, 0.6) is 0 Å². The Morgan fingerprint density at radius 2 is 1.69 bits per heavy atom. The van der Waals surface area contributed by atoms with Crippen LogP contribution < -0.4 is 21.7 Å². The molecule has 5 N–H and O–H groups in total. The highest BCUT2D eigenvalue weighted by Crippen LogP contribution is 2.30. The van der Waals surface area contributed by atoms with E-state index < -0.39 is 44.7 Å². The van der Waals surface area contributed by atoms with E-state index in [1.807, 2.05) is 30.3 Å². The number of hydrogen-bond acceptors (Lipinski definition) is 7.